The lowest BCUT2D eigenvalue weighted by atomic mass is 9.96. The molecule has 0 bridgehead atoms. The Balaban J connectivity index is 1.41. The summed E-state index contributed by atoms with van der Waals surface area (Å²) in [6.45, 7) is 10.2. The number of carbonyl (C=O) groups is 3. The van der Waals surface area contributed by atoms with Crippen LogP contribution in [0.25, 0.3) is 10.9 Å². The number of alkyl halides is 3. The van der Waals surface area contributed by atoms with Gasteiger partial charge in [0.1, 0.15) is 11.9 Å². The van der Waals surface area contributed by atoms with E-state index in [4.69, 9.17) is 17.0 Å². The minimum Gasteiger partial charge on any atom is -0.381 e. The second kappa shape index (κ2) is 21.5. The topological polar surface area (TPSA) is 124 Å². The number of aromatic nitrogens is 1. The van der Waals surface area contributed by atoms with Crippen LogP contribution in [-0.4, -0.2) is 66.1 Å². The van der Waals surface area contributed by atoms with Gasteiger partial charge in [-0.3, -0.25) is 14.4 Å². The molecular formula is C42H57F4N5O4S. The number of para-hydroxylation sites is 1. The molecule has 2 unspecified atom stereocenters. The first kappa shape index (κ1) is 44.7. The number of benzene rings is 2. The Morgan fingerprint density at radius 3 is 2.25 bits per heavy atom. The number of hydrogen-bond acceptors (Lipinski definition) is 5. The van der Waals surface area contributed by atoms with Gasteiger partial charge in [-0.1, -0.05) is 83.1 Å². The van der Waals surface area contributed by atoms with Crippen LogP contribution in [0.1, 0.15) is 95.0 Å². The minimum atomic E-state index is -4.59. The number of H-pyrrole nitrogens is 1. The highest BCUT2D eigenvalue weighted by atomic mass is 32.1. The van der Waals surface area contributed by atoms with E-state index >= 15 is 0 Å². The van der Waals surface area contributed by atoms with Gasteiger partial charge in [-0.05, 0) is 79.5 Å². The van der Waals surface area contributed by atoms with Crippen LogP contribution in [0.3, 0.4) is 0 Å². The number of amides is 3. The van der Waals surface area contributed by atoms with Gasteiger partial charge in [-0.25, -0.2) is 4.39 Å². The second-order valence-electron chi connectivity index (χ2n) is 15.0. The van der Waals surface area contributed by atoms with Gasteiger partial charge in [0, 0.05) is 43.8 Å². The summed E-state index contributed by atoms with van der Waals surface area (Å²) in [5.41, 5.74) is 0.552. The zero-order valence-corrected chi connectivity index (χ0v) is 33.7. The molecule has 3 aromatic rings. The van der Waals surface area contributed by atoms with Crippen LogP contribution in [-0.2, 0) is 44.6 Å². The molecule has 5 N–H and O–H groups in total. The van der Waals surface area contributed by atoms with Crippen LogP contribution < -0.4 is 21.3 Å². The van der Waals surface area contributed by atoms with Gasteiger partial charge in [0.15, 0.2) is 0 Å². The molecule has 308 valence electrons. The number of aromatic amines is 1. The monoisotopic (exact) mass is 803 g/mol. The van der Waals surface area contributed by atoms with Crippen LogP contribution in [0.4, 0.5) is 17.6 Å². The Morgan fingerprint density at radius 1 is 0.893 bits per heavy atom. The third kappa shape index (κ3) is 12.7. The quantitative estimate of drug-likeness (QED) is 0.0463. The van der Waals surface area contributed by atoms with E-state index in [1.165, 1.54) is 24.3 Å². The standard InChI is InChI=1S/C42H57F4N5O4S/c1-5-26(3)37(51-36(53)25-29-11-7-8-14-33(29)43)40(54)47-21-10-15-34-30(31-12-9-13-32(39(31)49-34)42(44,45)46)16-17-35(52)50-38(27(4)6-2)41(56)48-22-18-28-19-23-55-24-20-28/h7-9,11-14,26-28,37-38,49H,5-6,10,15-25H2,1-4H3,(H,47,54)(H,48,56)(H,50,52)(H,51,53)/t26?,27?,37-,38-/m0/s1. The molecule has 1 aliphatic rings. The summed E-state index contributed by atoms with van der Waals surface area (Å²) in [5.74, 6) is -1.22. The fourth-order valence-electron chi connectivity index (χ4n) is 7.12. The average Bonchev–Trinajstić information content (AvgIpc) is 3.54. The number of nitrogens with one attached hydrogen (secondary N) is 5. The van der Waals surface area contributed by atoms with E-state index in [0.29, 0.717) is 53.4 Å². The Hall–Kier alpha value is -4.04. The first-order chi connectivity index (χ1) is 26.7. The van der Waals surface area contributed by atoms with Gasteiger partial charge in [-0.15, -0.1) is 0 Å². The van der Waals surface area contributed by atoms with Gasteiger partial charge in [0.25, 0.3) is 0 Å². The number of carbonyl (C=O) groups excluding carboxylic acids is 3. The molecule has 9 nitrogen and oxygen atoms in total. The van der Waals surface area contributed by atoms with Gasteiger partial charge in [-0.2, -0.15) is 13.2 Å². The molecule has 1 aromatic heterocycles. The molecule has 0 spiro atoms. The first-order valence-electron chi connectivity index (χ1n) is 19.9. The van der Waals surface area contributed by atoms with E-state index < -0.39 is 35.4 Å². The Morgan fingerprint density at radius 2 is 1.57 bits per heavy atom. The minimum absolute atomic E-state index is 0.0354. The van der Waals surface area contributed by atoms with Crippen LogP contribution in [0.15, 0.2) is 42.5 Å². The van der Waals surface area contributed by atoms with Crippen molar-refractivity contribution in [3.05, 3.63) is 70.7 Å². The van der Waals surface area contributed by atoms with E-state index in [1.54, 1.807) is 12.1 Å². The lowest BCUT2D eigenvalue weighted by Crippen LogP contribution is -2.50. The normalized spacial score (nSPS) is 15.8. The molecule has 4 atom stereocenters. The fourth-order valence-corrected chi connectivity index (χ4v) is 7.51. The zero-order valence-electron chi connectivity index (χ0n) is 32.9. The second-order valence-corrected chi connectivity index (χ2v) is 15.4. The number of ether oxygens (including phenoxy) is 1. The molecule has 0 aliphatic carbocycles. The summed E-state index contributed by atoms with van der Waals surface area (Å²) in [7, 11) is 0. The molecule has 0 saturated carbocycles. The smallest absolute Gasteiger partial charge is 0.381 e. The predicted octanol–water partition coefficient (Wildman–Crippen LogP) is 7.35. The summed E-state index contributed by atoms with van der Waals surface area (Å²) >= 11 is 5.74. The van der Waals surface area contributed by atoms with E-state index in [2.05, 4.69) is 26.3 Å². The molecule has 0 radical (unpaired) electrons. The van der Waals surface area contributed by atoms with Gasteiger partial charge in [0.2, 0.25) is 17.7 Å². The summed E-state index contributed by atoms with van der Waals surface area (Å²) in [6, 6.07) is 8.74. The number of thiocarbonyl (C=S) groups is 1. The van der Waals surface area contributed by atoms with E-state index in [1.807, 2.05) is 27.7 Å². The average molecular weight is 804 g/mol. The number of rotatable bonds is 20. The maximum absolute atomic E-state index is 14.1. The third-order valence-electron chi connectivity index (χ3n) is 11.0. The molecule has 1 fully saturated rings. The fraction of sp³-hybridized carbons (Fsp3) is 0.571. The zero-order chi connectivity index (χ0) is 40.8. The predicted molar refractivity (Wildman–Crippen MR) is 215 cm³/mol. The number of halogens is 4. The van der Waals surface area contributed by atoms with Crippen LogP contribution in [0, 0.1) is 23.6 Å². The molecule has 3 amide bonds. The summed E-state index contributed by atoms with van der Waals surface area (Å²) in [6.07, 6.45) is 0.479. The SMILES string of the molecule is CCC(C)[C@H](NC(=O)Cc1ccccc1F)C(=O)NCCCc1[nH]c2c(C(F)(F)F)cccc2c1CCC(=O)N[C@H](C(=S)NCCC1CCOCC1)C(C)CC. The van der Waals surface area contributed by atoms with Crippen molar-refractivity contribution >= 4 is 45.8 Å². The van der Waals surface area contributed by atoms with Crippen molar-refractivity contribution in [1.29, 1.82) is 0 Å². The highest BCUT2D eigenvalue weighted by Crippen LogP contribution is 2.37. The van der Waals surface area contributed by atoms with Gasteiger partial charge < -0.3 is 31.0 Å². The van der Waals surface area contributed by atoms with Crippen molar-refractivity contribution in [1.82, 2.24) is 26.3 Å². The van der Waals surface area contributed by atoms with E-state index in [9.17, 15) is 31.9 Å². The van der Waals surface area contributed by atoms with E-state index in [0.717, 1.165) is 45.0 Å². The molecule has 2 heterocycles. The van der Waals surface area contributed by atoms with Crippen LogP contribution in [0.2, 0.25) is 0 Å². The number of fused-ring (bicyclic) bond motifs is 1. The van der Waals surface area contributed by atoms with Crippen molar-refractivity contribution < 1.29 is 36.7 Å². The maximum Gasteiger partial charge on any atom is 0.418 e. The lowest BCUT2D eigenvalue weighted by molar-refractivity contribution is -0.136. The van der Waals surface area contributed by atoms with Crippen molar-refractivity contribution in [3.8, 4) is 0 Å². The molecule has 1 aliphatic heterocycles. The van der Waals surface area contributed by atoms with Crippen molar-refractivity contribution in [2.75, 3.05) is 26.3 Å². The van der Waals surface area contributed by atoms with Gasteiger partial charge >= 0.3 is 6.18 Å². The summed E-state index contributed by atoms with van der Waals surface area (Å²) in [4.78, 5) is 43.1. The van der Waals surface area contributed by atoms with Crippen molar-refractivity contribution in [3.63, 3.8) is 0 Å². The van der Waals surface area contributed by atoms with Gasteiger partial charge in [0.05, 0.1) is 28.5 Å². The Bertz CT molecular complexity index is 1780. The Kier molecular flexibility index (Phi) is 17.1. The highest BCUT2D eigenvalue weighted by Gasteiger charge is 2.34. The van der Waals surface area contributed by atoms with E-state index in [-0.39, 0.29) is 60.7 Å². The molecular weight excluding hydrogens is 747 g/mol. The van der Waals surface area contributed by atoms with Crippen molar-refractivity contribution in [2.24, 2.45) is 17.8 Å². The highest BCUT2D eigenvalue weighted by molar-refractivity contribution is 7.80. The summed E-state index contributed by atoms with van der Waals surface area (Å²) in [5, 5.41) is 12.4. The summed E-state index contributed by atoms with van der Waals surface area (Å²) < 4.78 is 61.9. The number of hydrogen-bond donors (Lipinski definition) is 5. The lowest BCUT2D eigenvalue weighted by Gasteiger charge is -2.27. The molecule has 4 rings (SSSR count). The van der Waals surface area contributed by atoms with Crippen molar-refractivity contribution in [2.45, 2.75) is 110 Å². The third-order valence-corrected chi connectivity index (χ3v) is 11.4. The largest absolute Gasteiger partial charge is 0.418 e. The van der Waals surface area contributed by atoms with Crippen LogP contribution in [0.5, 0.6) is 0 Å². The molecule has 2 aromatic carbocycles. The molecule has 1 saturated heterocycles. The van der Waals surface area contributed by atoms with Crippen LogP contribution >= 0.6 is 12.2 Å². The molecule has 56 heavy (non-hydrogen) atoms. The maximum atomic E-state index is 14.1. The first-order valence-corrected chi connectivity index (χ1v) is 20.3. The molecule has 14 heteroatoms. The Labute approximate surface area is 332 Å². The number of aryl methyl sites for hydroxylation is 2.